The van der Waals surface area contributed by atoms with Gasteiger partial charge >= 0.3 is 0 Å². The maximum atomic E-state index is 13.4. The van der Waals surface area contributed by atoms with Crippen LogP contribution in [0.1, 0.15) is 27.8 Å². The van der Waals surface area contributed by atoms with Crippen LogP contribution in [0.3, 0.4) is 0 Å². The van der Waals surface area contributed by atoms with Crippen LogP contribution in [0.15, 0.2) is 41.3 Å². The van der Waals surface area contributed by atoms with Crippen molar-refractivity contribution < 1.29 is 18.1 Å². The van der Waals surface area contributed by atoms with Gasteiger partial charge in [0.15, 0.2) is 6.54 Å². The molecule has 1 aliphatic heterocycles. The van der Waals surface area contributed by atoms with E-state index in [9.17, 15) is 13.2 Å². The number of hydrogen-bond acceptors (Lipinski definition) is 3. The molecular formula is C23H32N3O3S+. The van der Waals surface area contributed by atoms with Crippen LogP contribution in [-0.4, -0.2) is 51.4 Å². The van der Waals surface area contributed by atoms with Gasteiger partial charge in [0.2, 0.25) is 10.0 Å². The van der Waals surface area contributed by atoms with Crippen molar-refractivity contribution in [2.75, 3.05) is 32.7 Å². The number of sulfonamides is 1. The maximum absolute atomic E-state index is 13.4. The van der Waals surface area contributed by atoms with Gasteiger partial charge in [-0.3, -0.25) is 4.79 Å². The van der Waals surface area contributed by atoms with E-state index in [1.54, 1.807) is 4.31 Å². The SMILES string of the molecule is Cc1cc(C)c(C)c(S(=O)(=O)N2CC[NH+](CC(=O)NCc3ccccc3)CC2)c1C. The molecule has 0 saturated carbocycles. The van der Waals surface area contributed by atoms with Gasteiger partial charge in [0, 0.05) is 6.54 Å². The van der Waals surface area contributed by atoms with E-state index in [2.05, 4.69) is 5.32 Å². The van der Waals surface area contributed by atoms with Crippen molar-refractivity contribution in [1.29, 1.82) is 0 Å². The number of hydrogen-bond donors (Lipinski definition) is 2. The van der Waals surface area contributed by atoms with Crippen LogP contribution in [0, 0.1) is 27.7 Å². The summed E-state index contributed by atoms with van der Waals surface area (Å²) in [6.45, 7) is 10.7. The number of benzene rings is 2. The van der Waals surface area contributed by atoms with Gasteiger partial charge in [-0.25, -0.2) is 8.42 Å². The number of carbonyl (C=O) groups is 1. The summed E-state index contributed by atoms with van der Waals surface area (Å²) in [6.07, 6.45) is 0. The summed E-state index contributed by atoms with van der Waals surface area (Å²) < 4.78 is 28.3. The third kappa shape index (κ3) is 4.91. The highest BCUT2D eigenvalue weighted by Gasteiger charge is 2.33. The summed E-state index contributed by atoms with van der Waals surface area (Å²) >= 11 is 0. The van der Waals surface area contributed by atoms with E-state index in [1.165, 1.54) is 0 Å². The molecule has 2 N–H and O–H groups in total. The van der Waals surface area contributed by atoms with E-state index in [1.807, 2.05) is 64.1 Å². The molecule has 1 heterocycles. The molecule has 1 saturated heterocycles. The Labute approximate surface area is 179 Å². The van der Waals surface area contributed by atoms with Crippen LogP contribution in [0.4, 0.5) is 0 Å². The van der Waals surface area contributed by atoms with Gasteiger partial charge in [-0.15, -0.1) is 0 Å². The maximum Gasteiger partial charge on any atom is 0.275 e. The second-order valence-electron chi connectivity index (χ2n) is 8.18. The lowest BCUT2D eigenvalue weighted by atomic mass is 10.0. The Morgan fingerprint density at radius 1 is 1.00 bits per heavy atom. The molecule has 30 heavy (non-hydrogen) atoms. The van der Waals surface area contributed by atoms with Gasteiger partial charge < -0.3 is 10.2 Å². The molecule has 1 fully saturated rings. The average Bonchev–Trinajstić information content (AvgIpc) is 2.72. The first-order valence-corrected chi connectivity index (χ1v) is 11.9. The van der Waals surface area contributed by atoms with Crippen molar-refractivity contribution >= 4 is 15.9 Å². The van der Waals surface area contributed by atoms with Crippen LogP contribution in [0.5, 0.6) is 0 Å². The topological polar surface area (TPSA) is 70.9 Å². The molecule has 6 nitrogen and oxygen atoms in total. The van der Waals surface area contributed by atoms with E-state index in [0.29, 0.717) is 44.2 Å². The standard InChI is InChI=1S/C23H31N3O3S/c1-17-14-18(2)20(4)23(19(17)3)30(28,29)26-12-10-25(11-13-26)16-22(27)24-15-21-8-6-5-7-9-21/h5-9,14H,10-13,15-16H2,1-4H3,(H,24,27)/p+1. The summed E-state index contributed by atoms with van der Waals surface area (Å²) in [5.74, 6) is -0.00819. The van der Waals surface area contributed by atoms with Crippen LogP contribution < -0.4 is 10.2 Å². The molecule has 162 valence electrons. The smallest absolute Gasteiger partial charge is 0.275 e. The summed E-state index contributed by atoms with van der Waals surface area (Å²) in [5.41, 5.74) is 4.71. The predicted molar refractivity (Wildman–Crippen MR) is 118 cm³/mol. The summed E-state index contributed by atoms with van der Waals surface area (Å²) in [4.78, 5) is 13.8. The van der Waals surface area contributed by atoms with E-state index in [0.717, 1.165) is 32.7 Å². The number of aryl methyl sites for hydroxylation is 2. The minimum Gasteiger partial charge on any atom is -0.347 e. The van der Waals surface area contributed by atoms with Crippen LogP contribution >= 0.6 is 0 Å². The predicted octanol–water partition coefficient (Wildman–Crippen LogP) is 1.13. The molecule has 2 aromatic carbocycles. The lowest BCUT2D eigenvalue weighted by molar-refractivity contribution is -0.895. The largest absolute Gasteiger partial charge is 0.347 e. The first-order chi connectivity index (χ1) is 14.2. The Hall–Kier alpha value is -2.22. The molecule has 0 aliphatic carbocycles. The van der Waals surface area contributed by atoms with Gasteiger partial charge in [0.05, 0.1) is 31.1 Å². The molecule has 0 unspecified atom stereocenters. The number of nitrogens with zero attached hydrogens (tertiary/aromatic N) is 1. The van der Waals surface area contributed by atoms with Crippen molar-refractivity contribution in [1.82, 2.24) is 9.62 Å². The molecule has 7 heteroatoms. The zero-order valence-electron chi connectivity index (χ0n) is 18.3. The second-order valence-corrected chi connectivity index (χ2v) is 10.1. The molecule has 0 aromatic heterocycles. The molecule has 0 bridgehead atoms. The van der Waals surface area contributed by atoms with Crippen molar-refractivity contribution in [2.45, 2.75) is 39.1 Å². The second kappa shape index (κ2) is 9.29. The Kier molecular flexibility index (Phi) is 6.95. The van der Waals surface area contributed by atoms with Crippen LogP contribution in [0.25, 0.3) is 0 Å². The highest BCUT2D eigenvalue weighted by atomic mass is 32.2. The Bertz CT molecular complexity index is 985. The highest BCUT2D eigenvalue weighted by Crippen LogP contribution is 2.28. The van der Waals surface area contributed by atoms with Crippen molar-refractivity contribution in [3.05, 3.63) is 64.2 Å². The highest BCUT2D eigenvalue weighted by molar-refractivity contribution is 7.89. The molecule has 3 rings (SSSR count). The Morgan fingerprint density at radius 3 is 2.13 bits per heavy atom. The summed E-state index contributed by atoms with van der Waals surface area (Å²) in [5, 5.41) is 2.95. The van der Waals surface area contributed by atoms with Gasteiger partial charge in [0.25, 0.3) is 5.91 Å². The van der Waals surface area contributed by atoms with Gasteiger partial charge in [-0.2, -0.15) is 4.31 Å². The van der Waals surface area contributed by atoms with E-state index in [4.69, 9.17) is 0 Å². The molecule has 1 amide bonds. The summed E-state index contributed by atoms with van der Waals surface area (Å²) in [6, 6.07) is 11.8. The number of piperazine rings is 1. The lowest BCUT2D eigenvalue weighted by Crippen LogP contribution is -3.15. The van der Waals surface area contributed by atoms with Gasteiger partial charge in [-0.05, 0) is 55.5 Å². The number of carbonyl (C=O) groups excluding carboxylic acids is 1. The number of quaternary nitrogens is 1. The van der Waals surface area contributed by atoms with Crippen LogP contribution in [0.2, 0.25) is 0 Å². The minimum absolute atomic E-state index is 0.00819. The van der Waals surface area contributed by atoms with Crippen LogP contribution in [-0.2, 0) is 21.4 Å². The molecule has 0 atom stereocenters. The first-order valence-electron chi connectivity index (χ1n) is 10.4. The van der Waals surface area contributed by atoms with Gasteiger partial charge in [-0.1, -0.05) is 36.4 Å². The fraction of sp³-hybridized carbons (Fsp3) is 0.435. The fourth-order valence-corrected chi connectivity index (χ4v) is 6.02. The average molecular weight is 431 g/mol. The lowest BCUT2D eigenvalue weighted by Gasteiger charge is -2.32. The van der Waals surface area contributed by atoms with E-state index >= 15 is 0 Å². The fourth-order valence-electron chi connectivity index (χ4n) is 4.00. The number of amides is 1. The number of rotatable bonds is 6. The molecule has 1 aliphatic rings. The minimum atomic E-state index is -3.55. The van der Waals surface area contributed by atoms with Crippen molar-refractivity contribution in [3.8, 4) is 0 Å². The Morgan fingerprint density at radius 2 is 1.57 bits per heavy atom. The molecule has 0 radical (unpaired) electrons. The number of nitrogens with one attached hydrogen (secondary N) is 2. The zero-order chi connectivity index (χ0) is 21.9. The Balaban J connectivity index is 1.59. The van der Waals surface area contributed by atoms with Crippen molar-refractivity contribution in [2.24, 2.45) is 0 Å². The molecule has 0 spiro atoms. The first kappa shape index (κ1) is 22.5. The third-order valence-corrected chi connectivity index (χ3v) is 8.24. The van der Waals surface area contributed by atoms with E-state index in [-0.39, 0.29) is 5.91 Å². The van der Waals surface area contributed by atoms with E-state index < -0.39 is 10.0 Å². The third-order valence-electron chi connectivity index (χ3n) is 6.07. The normalized spacial score (nSPS) is 15.9. The summed E-state index contributed by atoms with van der Waals surface area (Å²) in [7, 11) is -3.55. The zero-order valence-corrected chi connectivity index (χ0v) is 19.1. The van der Waals surface area contributed by atoms with Crippen molar-refractivity contribution in [3.63, 3.8) is 0 Å². The molecular weight excluding hydrogens is 398 g/mol. The molecule has 2 aromatic rings. The monoisotopic (exact) mass is 430 g/mol. The van der Waals surface area contributed by atoms with Gasteiger partial charge in [0.1, 0.15) is 0 Å². The quantitative estimate of drug-likeness (QED) is 0.722.